The molecule has 0 N–H and O–H groups in total. The maximum atomic E-state index is 13.3. The predicted octanol–water partition coefficient (Wildman–Crippen LogP) is 3.57. The molecule has 4 rings (SSSR count). The Hall–Kier alpha value is -1.43. The summed E-state index contributed by atoms with van der Waals surface area (Å²) in [4.78, 5) is 33.9. The van der Waals surface area contributed by atoms with Crippen molar-refractivity contribution in [1.82, 2.24) is 14.8 Å². The Balaban J connectivity index is 1.37. The van der Waals surface area contributed by atoms with Crippen LogP contribution in [0.25, 0.3) is 0 Å². The van der Waals surface area contributed by atoms with Gasteiger partial charge < -0.3 is 9.80 Å². The number of rotatable bonds is 4. The predicted molar refractivity (Wildman–Crippen MR) is 102 cm³/mol. The van der Waals surface area contributed by atoms with E-state index in [1.165, 1.54) is 43.4 Å². The SMILES string of the molecule is O=C(c1cscn1)N1CC[C@@]2(CCCN(CCC3CCCCC3)C2=O)C1. The van der Waals surface area contributed by atoms with Gasteiger partial charge in [0, 0.05) is 31.6 Å². The summed E-state index contributed by atoms with van der Waals surface area (Å²) >= 11 is 1.44. The molecule has 1 saturated carbocycles. The molecule has 1 aliphatic carbocycles. The average molecular weight is 376 g/mol. The summed E-state index contributed by atoms with van der Waals surface area (Å²) < 4.78 is 0. The van der Waals surface area contributed by atoms with Gasteiger partial charge in [0.05, 0.1) is 10.9 Å². The normalized spacial score (nSPS) is 27.5. The van der Waals surface area contributed by atoms with E-state index in [0.717, 1.165) is 44.7 Å². The third-order valence-corrected chi connectivity index (χ3v) is 7.24. The van der Waals surface area contributed by atoms with Gasteiger partial charge in [-0.2, -0.15) is 0 Å². The van der Waals surface area contributed by atoms with Crippen LogP contribution in [0.5, 0.6) is 0 Å². The number of hydrogen-bond acceptors (Lipinski definition) is 4. The van der Waals surface area contributed by atoms with E-state index in [2.05, 4.69) is 9.88 Å². The summed E-state index contributed by atoms with van der Waals surface area (Å²) in [5.41, 5.74) is 1.87. The van der Waals surface area contributed by atoms with E-state index >= 15 is 0 Å². The zero-order chi connectivity index (χ0) is 18.0. The fourth-order valence-electron chi connectivity index (χ4n) is 5.08. The maximum Gasteiger partial charge on any atom is 0.273 e. The highest BCUT2D eigenvalue weighted by molar-refractivity contribution is 7.07. The van der Waals surface area contributed by atoms with Gasteiger partial charge in [-0.05, 0) is 31.6 Å². The Bertz CT molecular complexity index is 641. The highest BCUT2D eigenvalue weighted by atomic mass is 32.1. The number of carbonyl (C=O) groups is 2. The molecule has 3 heterocycles. The van der Waals surface area contributed by atoms with Crippen LogP contribution in [0.4, 0.5) is 0 Å². The topological polar surface area (TPSA) is 53.5 Å². The molecule has 0 radical (unpaired) electrons. The Morgan fingerprint density at radius 3 is 2.81 bits per heavy atom. The molecular formula is C20H29N3O2S. The number of hydrogen-bond donors (Lipinski definition) is 0. The molecule has 1 aromatic rings. The summed E-state index contributed by atoms with van der Waals surface area (Å²) in [5, 5.41) is 1.80. The molecule has 2 saturated heterocycles. The van der Waals surface area contributed by atoms with E-state index < -0.39 is 0 Å². The minimum atomic E-state index is -0.337. The van der Waals surface area contributed by atoms with Crippen LogP contribution in [0.1, 0.15) is 68.3 Å². The second-order valence-corrected chi connectivity index (χ2v) is 9.04. The van der Waals surface area contributed by atoms with Crippen LogP contribution in [0.2, 0.25) is 0 Å². The fraction of sp³-hybridized carbons (Fsp3) is 0.750. The van der Waals surface area contributed by atoms with Crippen LogP contribution in [-0.4, -0.2) is 52.8 Å². The second-order valence-electron chi connectivity index (χ2n) is 8.32. The van der Waals surface area contributed by atoms with Crippen LogP contribution in [0.3, 0.4) is 0 Å². The Morgan fingerprint density at radius 2 is 2.04 bits per heavy atom. The first kappa shape index (κ1) is 18.0. The van der Waals surface area contributed by atoms with E-state index in [4.69, 9.17) is 0 Å². The zero-order valence-corrected chi connectivity index (χ0v) is 16.3. The number of carbonyl (C=O) groups excluding carboxylic acids is 2. The molecule has 1 aromatic heterocycles. The molecule has 1 atom stereocenters. The molecule has 1 spiro atoms. The number of piperidine rings is 1. The summed E-state index contributed by atoms with van der Waals surface area (Å²) in [6, 6.07) is 0. The van der Waals surface area contributed by atoms with E-state index in [1.807, 2.05) is 4.90 Å². The van der Waals surface area contributed by atoms with Gasteiger partial charge in [-0.3, -0.25) is 9.59 Å². The summed E-state index contributed by atoms with van der Waals surface area (Å²) in [7, 11) is 0. The van der Waals surface area contributed by atoms with Gasteiger partial charge in [-0.1, -0.05) is 32.1 Å². The molecule has 142 valence electrons. The Kier molecular flexibility index (Phi) is 5.30. The fourth-order valence-corrected chi connectivity index (χ4v) is 5.61. The quantitative estimate of drug-likeness (QED) is 0.808. The van der Waals surface area contributed by atoms with Crippen molar-refractivity contribution in [1.29, 1.82) is 0 Å². The summed E-state index contributed by atoms with van der Waals surface area (Å²) in [6.07, 6.45) is 10.7. The van der Waals surface area contributed by atoms with E-state index in [-0.39, 0.29) is 11.3 Å². The van der Waals surface area contributed by atoms with Crippen LogP contribution in [-0.2, 0) is 4.79 Å². The van der Waals surface area contributed by atoms with Gasteiger partial charge in [-0.15, -0.1) is 11.3 Å². The molecule has 0 aromatic carbocycles. The second kappa shape index (κ2) is 7.67. The van der Waals surface area contributed by atoms with E-state index in [1.54, 1.807) is 10.9 Å². The third kappa shape index (κ3) is 3.53. The van der Waals surface area contributed by atoms with Crippen molar-refractivity contribution >= 4 is 23.2 Å². The lowest BCUT2D eigenvalue weighted by molar-refractivity contribution is -0.145. The minimum absolute atomic E-state index is 0.0183. The first-order chi connectivity index (χ1) is 12.7. The molecule has 6 heteroatoms. The zero-order valence-electron chi connectivity index (χ0n) is 15.5. The van der Waals surface area contributed by atoms with Gasteiger partial charge in [-0.25, -0.2) is 4.98 Å². The van der Waals surface area contributed by atoms with Crippen LogP contribution in [0, 0.1) is 11.3 Å². The van der Waals surface area contributed by atoms with E-state index in [0.29, 0.717) is 24.7 Å². The first-order valence-electron chi connectivity index (χ1n) is 10.1. The lowest BCUT2D eigenvalue weighted by atomic mass is 9.78. The molecule has 5 nitrogen and oxygen atoms in total. The lowest BCUT2D eigenvalue weighted by Gasteiger charge is -2.40. The van der Waals surface area contributed by atoms with Gasteiger partial charge in [0.2, 0.25) is 5.91 Å². The number of likely N-dealkylation sites (tertiary alicyclic amines) is 2. The first-order valence-corrected chi connectivity index (χ1v) is 11.1. The molecular weight excluding hydrogens is 346 g/mol. The smallest absolute Gasteiger partial charge is 0.273 e. The van der Waals surface area contributed by atoms with Gasteiger partial charge in [0.1, 0.15) is 5.69 Å². The number of aromatic nitrogens is 1. The monoisotopic (exact) mass is 375 g/mol. The highest BCUT2D eigenvalue weighted by Crippen LogP contribution is 2.41. The van der Waals surface area contributed by atoms with Crippen LogP contribution < -0.4 is 0 Å². The summed E-state index contributed by atoms with van der Waals surface area (Å²) in [5.74, 6) is 1.09. The van der Waals surface area contributed by atoms with Gasteiger partial charge in [0.15, 0.2) is 0 Å². The molecule has 26 heavy (non-hydrogen) atoms. The minimum Gasteiger partial charge on any atom is -0.342 e. The van der Waals surface area contributed by atoms with Crippen molar-refractivity contribution in [2.75, 3.05) is 26.2 Å². The molecule has 3 aliphatic rings. The maximum absolute atomic E-state index is 13.3. The molecule has 2 amide bonds. The third-order valence-electron chi connectivity index (χ3n) is 6.65. The summed E-state index contributed by atoms with van der Waals surface area (Å²) in [6.45, 7) is 3.05. The van der Waals surface area contributed by atoms with Gasteiger partial charge in [0.25, 0.3) is 5.91 Å². The Labute approximate surface area is 159 Å². The van der Waals surface area contributed by atoms with Crippen LogP contribution in [0.15, 0.2) is 10.9 Å². The number of thiazole rings is 1. The van der Waals surface area contributed by atoms with Crippen molar-refractivity contribution in [2.45, 2.75) is 57.8 Å². The largest absolute Gasteiger partial charge is 0.342 e. The van der Waals surface area contributed by atoms with Crippen molar-refractivity contribution in [3.8, 4) is 0 Å². The number of nitrogens with zero attached hydrogens (tertiary/aromatic N) is 3. The standard InChI is InChI=1S/C20H29N3O2S/c24-18(17-13-26-15-21-17)23-12-9-20(14-23)8-4-10-22(19(20)25)11-7-16-5-2-1-3-6-16/h13,15-16H,1-12,14H2/t20-/m0/s1. The molecule has 0 bridgehead atoms. The van der Waals surface area contributed by atoms with Crippen molar-refractivity contribution in [3.63, 3.8) is 0 Å². The Morgan fingerprint density at radius 1 is 1.19 bits per heavy atom. The number of amides is 2. The average Bonchev–Trinajstić information content (AvgIpc) is 3.34. The molecule has 0 unspecified atom stereocenters. The van der Waals surface area contributed by atoms with Crippen molar-refractivity contribution < 1.29 is 9.59 Å². The lowest BCUT2D eigenvalue weighted by Crippen LogP contribution is -2.50. The van der Waals surface area contributed by atoms with Gasteiger partial charge >= 0.3 is 0 Å². The highest BCUT2D eigenvalue weighted by Gasteiger charge is 2.49. The van der Waals surface area contributed by atoms with Crippen LogP contribution >= 0.6 is 11.3 Å². The van der Waals surface area contributed by atoms with Crippen molar-refractivity contribution in [2.24, 2.45) is 11.3 Å². The van der Waals surface area contributed by atoms with Crippen molar-refractivity contribution in [3.05, 3.63) is 16.6 Å². The van der Waals surface area contributed by atoms with E-state index in [9.17, 15) is 9.59 Å². The molecule has 3 fully saturated rings. The molecule has 2 aliphatic heterocycles.